The number of non-ortho nitro benzene ring substituents is 2. The third kappa shape index (κ3) is 9.76. The Hall–Kier alpha value is -6.68. The average Bonchev–Trinajstić information content (AvgIpc) is 3.27. The molecular weight excluding hydrogens is 781 g/mol. The van der Waals surface area contributed by atoms with Gasteiger partial charge in [0.25, 0.3) is 11.4 Å². The number of benzene rings is 6. The molecule has 7 rings (SSSR count). The lowest BCUT2D eigenvalue weighted by atomic mass is 9.87. The Labute approximate surface area is 363 Å². The molecule has 0 saturated heterocycles. The van der Waals surface area contributed by atoms with E-state index in [-0.39, 0.29) is 21.2 Å². The van der Waals surface area contributed by atoms with Crippen LogP contribution in [0.25, 0.3) is 22.3 Å². The van der Waals surface area contributed by atoms with Crippen molar-refractivity contribution in [2.24, 2.45) is 0 Å². The summed E-state index contributed by atoms with van der Waals surface area (Å²) in [6, 6.07) is 34.6. The molecule has 0 radical (unpaired) electrons. The van der Waals surface area contributed by atoms with Crippen LogP contribution >= 0.6 is 0 Å². The van der Waals surface area contributed by atoms with Gasteiger partial charge in [0, 0.05) is 55.5 Å². The van der Waals surface area contributed by atoms with E-state index in [0.717, 1.165) is 115 Å². The summed E-state index contributed by atoms with van der Waals surface area (Å²) in [4.78, 5) is 22.6. The lowest BCUT2D eigenvalue weighted by Gasteiger charge is -2.24. The van der Waals surface area contributed by atoms with E-state index in [9.17, 15) is 20.2 Å². The van der Waals surface area contributed by atoms with Crippen LogP contribution in [0.5, 0.6) is 23.0 Å². The number of fused-ring (bicyclic) bond motifs is 8. The van der Waals surface area contributed by atoms with Crippen LogP contribution < -0.4 is 18.9 Å². The van der Waals surface area contributed by atoms with Gasteiger partial charge in [0.15, 0.2) is 0 Å². The van der Waals surface area contributed by atoms with Gasteiger partial charge in [-0.1, -0.05) is 76.2 Å². The minimum atomic E-state index is -0.378. The number of para-hydroxylation sites is 2. The molecule has 62 heavy (non-hydrogen) atoms. The van der Waals surface area contributed by atoms with Crippen molar-refractivity contribution in [2.45, 2.75) is 79.1 Å². The highest BCUT2D eigenvalue weighted by Gasteiger charge is 2.25. The van der Waals surface area contributed by atoms with Crippen molar-refractivity contribution >= 4 is 11.4 Å². The highest BCUT2D eigenvalue weighted by atomic mass is 16.6. The summed E-state index contributed by atoms with van der Waals surface area (Å²) >= 11 is 0. The van der Waals surface area contributed by atoms with E-state index in [2.05, 4.69) is 88.4 Å². The zero-order valence-corrected chi connectivity index (χ0v) is 36.0. The van der Waals surface area contributed by atoms with Crippen LogP contribution in [0.15, 0.2) is 109 Å². The summed E-state index contributed by atoms with van der Waals surface area (Å²) in [7, 11) is 0. The standard InChI is InChI=1S/C52H54N2O8/c1-5-25-59-49-37-11-9-12-38(49)30-43-32-42(35-15-20-45(21-16-35)53(55)56)33-44(51(43)61-27-7-3)31-39-13-10-14-40(50(39)60-26-6-2)34-48-47(36-17-22-46(23-18-36)54(57)58)24-19-41(29-37)52(48)62-28-8-4/h9-24,32-33H,5-8,25-31,34H2,1-4H3. The summed E-state index contributed by atoms with van der Waals surface area (Å²) in [6.07, 6.45) is 5.29. The molecule has 0 fully saturated rings. The second-order valence-electron chi connectivity index (χ2n) is 15.7. The van der Waals surface area contributed by atoms with E-state index in [4.69, 9.17) is 18.9 Å². The highest BCUT2D eigenvalue weighted by molar-refractivity contribution is 5.74. The van der Waals surface area contributed by atoms with Gasteiger partial charge in [-0.3, -0.25) is 20.2 Å². The van der Waals surface area contributed by atoms with E-state index in [1.54, 1.807) is 36.4 Å². The van der Waals surface area contributed by atoms with Gasteiger partial charge >= 0.3 is 0 Å². The maximum Gasteiger partial charge on any atom is 0.269 e. The molecule has 6 aromatic carbocycles. The van der Waals surface area contributed by atoms with Gasteiger partial charge in [-0.25, -0.2) is 0 Å². The lowest BCUT2D eigenvalue weighted by molar-refractivity contribution is -0.385. The summed E-state index contributed by atoms with van der Waals surface area (Å²) in [5, 5.41) is 23.3. The predicted octanol–water partition coefficient (Wildman–Crippen LogP) is 12.7. The fraction of sp³-hybridized carbons (Fsp3) is 0.308. The first kappa shape index (κ1) is 43.4. The lowest BCUT2D eigenvalue weighted by Crippen LogP contribution is -2.10. The van der Waals surface area contributed by atoms with Crippen LogP contribution in [0, 0.1) is 20.2 Å². The molecule has 0 aromatic heterocycles. The number of hydrogen-bond acceptors (Lipinski definition) is 8. The third-order valence-corrected chi connectivity index (χ3v) is 11.1. The fourth-order valence-corrected chi connectivity index (χ4v) is 8.17. The Morgan fingerprint density at radius 3 is 1.23 bits per heavy atom. The SMILES string of the molecule is CCCOc1c2cc(-c3ccc([N+](=O)[O-])cc3)cc1Cc1cccc(c1OCCC)Cc1c(-c3ccc([N+](=O)[O-])cc3)ccc(c1OCCC)Cc1cccc(c1OCCC)C2. The Kier molecular flexibility index (Phi) is 14.2. The van der Waals surface area contributed by atoms with Crippen LogP contribution in [0.1, 0.15) is 97.9 Å². The minimum absolute atomic E-state index is 0.0290. The van der Waals surface area contributed by atoms with Crippen molar-refractivity contribution in [2.75, 3.05) is 26.4 Å². The summed E-state index contributed by atoms with van der Waals surface area (Å²) in [5.41, 5.74) is 11.6. The molecule has 0 N–H and O–H groups in total. The molecule has 0 spiro atoms. The van der Waals surface area contributed by atoms with Crippen molar-refractivity contribution in [3.8, 4) is 45.3 Å². The molecule has 0 atom stereocenters. The normalized spacial score (nSPS) is 12.1. The van der Waals surface area contributed by atoms with Crippen molar-refractivity contribution < 1.29 is 28.8 Å². The summed E-state index contributed by atoms with van der Waals surface area (Å²) in [6.45, 7) is 10.5. The molecule has 0 saturated carbocycles. The first-order chi connectivity index (χ1) is 30.2. The van der Waals surface area contributed by atoms with Crippen molar-refractivity contribution in [1.82, 2.24) is 0 Å². The summed E-state index contributed by atoms with van der Waals surface area (Å²) in [5.74, 6) is 3.23. The van der Waals surface area contributed by atoms with Crippen molar-refractivity contribution in [3.05, 3.63) is 174 Å². The molecular formula is C52H54N2O8. The van der Waals surface area contributed by atoms with Crippen molar-refractivity contribution in [1.29, 1.82) is 0 Å². The second kappa shape index (κ2) is 20.3. The number of nitrogens with zero attached hydrogens (tertiary/aromatic N) is 2. The molecule has 10 nitrogen and oxygen atoms in total. The monoisotopic (exact) mass is 834 g/mol. The fourth-order valence-electron chi connectivity index (χ4n) is 8.17. The van der Waals surface area contributed by atoms with Crippen molar-refractivity contribution in [3.63, 3.8) is 0 Å². The molecule has 0 heterocycles. The van der Waals surface area contributed by atoms with Crippen LogP contribution in [-0.4, -0.2) is 36.3 Å². The number of hydrogen-bond donors (Lipinski definition) is 0. The minimum Gasteiger partial charge on any atom is -0.493 e. The number of rotatable bonds is 16. The quantitative estimate of drug-likeness (QED) is 0.0696. The largest absolute Gasteiger partial charge is 0.493 e. The van der Waals surface area contributed by atoms with Crippen LogP contribution in [0.2, 0.25) is 0 Å². The second-order valence-corrected chi connectivity index (χ2v) is 15.7. The van der Waals surface area contributed by atoms with Gasteiger partial charge in [0.05, 0.1) is 36.3 Å². The Morgan fingerprint density at radius 2 is 0.790 bits per heavy atom. The average molecular weight is 835 g/mol. The smallest absolute Gasteiger partial charge is 0.269 e. The molecule has 0 unspecified atom stereocenters. The van der Waals surface area contributed by atoms with Gasteiger partial charge in [-0.15, -0.1) is 0 Å². The zero-order chi connectivity index (χ0) is 43.6. The van der Waals surface area contributed by atoms with Gasteiger partial charge in [0.1, 0.15) is 23.0 Å². The molecule has 0 aliphatic heterocycles. The number of ether oxygens (including phenoxy) is 4. The number of nitro groups is 2. The molecule has 0 amide bonds. The topological polar surface area (TPSA) is 123 Å². The van der Waals surface area contributed by atoms with Crippen LogP contribution in [0.3, 0.4) is 0 Å². The predicted molar refractivity (Wildman–Crippen MR) is 244 cm³/mol. The molecule has 8 bridgehead atoms. The molecule has 6 aromatic rings. The van der Waals surface area contributed by atoms with Crippen LogP contribution in [-0.2, 0) is 25.7 Å². The molecule has 1 aliphatic carbocycles. The van der Waals surface area contributed by atoms with Gasteiger partial charge in [-0.2, -0.15) is 0 Å². The van der Waals surface area contributed by atoms with Crippen LogP contribution in [0.4, 0.5) is 11.4 Å². The third-order valence-electron chi connectivity index (χ3n) is 11.1. The first-order valence-corrected chi connectivity index (χ1v) is 21.8. The van der Waals surface area contributed by atoms with E-state index in [0.29, 0.717) is 52.1 Å². The molecule has 320 valence electrons. The molecule has 10 heteroatoms. The Morgan fingerprint density at radius 1 is 0.419 bits per heavy atom. The van der Waals surface area contributed by atoms with Gasteiger partial charge in [-0.05, 0) is 123 Å². The van der Waals surface area contributed by atoms with Gasteiger partial charge in [0.2, 0.25) is 0 Å². The highest BCUT2D eigenvalue weighted by Crippen LogP contribution is 2.43. The number of nitro benzene ring substituents is 2. The first-order valence-electron chi connectivity index (χ1n) is 21.8. The van der Waals surface area contributed by atoms with E-state index >= 15 is 0 Å². The van der Waals surface area contributed by atoms with Gasteiger partial charge < -0.3 is 18.9 Å². The van der Waals surface area contributed by atoms with E-state index in [1.807, 2.05) is 12.1 Å². The Bertz CT molecular complexity index is 2530. The Balaban J connectivity index is 1.52. The maximum atomic E-state index is 11.7. The summed E-state index contributed by atoms with van der Waals surface area (Å²) < 4.78 is 27.0. The van der Waals surface area contributed by atoms with E-state index < -0.39 is 0 Å². The molecule has 1 aliphatic rings. The zero-order valence-electron chi connectivity index (χ0n) is 36.0. The van der Waals surface area contributed by atoms with E-state index in [1.165, 1.54) is 0 Å². The maximum absolute atomic E-state index is 11.7.